The fourth-order valence-corrected chi connectivity index (χ4v) is 4.54. The van der Waals surface area contributed by atoms with Gasteiger partial charge in [0.25, 0.3) is 11.8 Å². The Kier molecular flexibility index (Phi) is 5.48. The number of hydrogen-bond donors (Lipinski definition) is 1. The van der Waals surface area contributed by atoms with Crippen molar-refractivity contribution in [3.63, 3.8) is 0 Å². The molecule has 0 unspecified atom stereocenters. The number of carbonyl (C=O) groups is 2. The highest BCUT2D eigenvalue weighted by atomic mass is 16.2. The maximum atomic E-state index is 13.1. The van der Waals surface area contributed by atoms with Gasteiger partial charge in [0.1, 0.15) is 5.69 Å². The molecule has 0 bridgehead atoms. The molecule has 0 radical (unpaired) electrons. The fraction of sp³-hybridized carbons (Fsp3) is 0.750. The van der Waals surface area contributed by atoms with E-state index in [0.29, 0.717) is 11.5 Å². The second-order valence-corrected chi connectivity index (χ2v) is 8.24. The Balaban J connectivity index is 1.55. The van der Waals surface area contributed by atoms with Gasteiger partial charge in [0.05, 0.1) is 5.69 Å². The Hall–Kier alpha value is -1.89. The first kappa shape index (κ1) is 18.5. The lowest BCUT2D eigenvalue weighted by atomic mass is 9.95. The normalized spacial score (nSPS) is 21.7. The number of imidazole rings is 1. The topological polar surface area (TPSA) is 70.5 Å². The number of rotatable bonds is 3. The number of fused-ring (bicyclic) bond motifs is 1. The molecule has 2 aliphatic heterocycles. The van der Waals surface area contributed by atoms with Crippen molar-refractivity contribution in [3.8, 4) is 0 Å². The maximum Gasteiger partial charge on any atom is 0.289 e. The third-order valence-electron chi connectivity index (χ3n) is 6.26. The maximum absolute atomic E-state index is 13.1. The van der Waals surface area contributed by atoms with Gasteiger partial charge in [-0.3, -0.25) is 9.59 Å². The van der Waals surface area contributed by atoms with E-state index in [2.05, 4.69) is 22.2 Å². The average Bonchev–Trinajstić information content (AvgIpc) is 3.09. The summed E-state index contributed by atoms with van der Waals surface area (Å²) in [5.74, 6) is 0.344. The van der Waals surface area contributed by atoms with Gasteiger partial charge in [-0.15, -0.1) is 0 Å². The van der Waals surface area contributed by atoms with Crippen LogP contribution in [0.2, 0.25) is 0 Å². The molecule has 7 nitrogen and oxygen atoms in total. The molecule has 1 N–H and O–H groups in total. The smallest absolute Gasteiger partial charge is 0.289 e. The lowest BCUT2D eigenvalue weighted by Crippen LogP contribution is -2.47. The first-order valence-electron chi connectivity index (χ1n) is 10.5. The molecular weight excluding hydrogens is 342 g/mol. The van der Waals surface area contributed by atoms with E-state index in [1.165, 1.54) is 19.3 Å². The van der Waals surface area contributed by atoms with Gasteiger partial charge >= 0.3 is 0 Å². The monoisotopic (exact) mass is 373 g/mol. The number of aromatic nitrogens is 2. The third kappa shape index (κ3) is 3.88. The Bertz CT molecular complexity index is 699. The second kappa shape index (κ2) is 8.00. The molecule has 1 aromatic heterocycles. The molecule has 3 aliphatic rings. The summed E-state index contributed by atoms with van der Waals surface area (Å²) in [6.45, 7) is 4.00. The number of nitrogens with zero attached hydrogens (tertiary/aromatic N) is 4. The lowest BCUT2D eigenvalue weighted by molar-refractivity contribution is 0.0645. The van der Waals surface area contributed by atoms with E-state index in [0.717, 1.165) is 70.5 Å². The minimum Gasteiger partial charge on any atom is -0.348 e. The zero-order chi connectivity index (χ0) is 18.8. The van der Waals surface area contributed by atoms with Crippen molar-refractivity contribution >= 4 is 11.8 Å². The molecule has 2 fully saturated rings. The van der Waals surface area contributed by atoms with E-state index >= 15 is 0 Å². The summed E-state index contributed by atoms with van der Waals surface area (Å²) >= 11 is 0. The zero-order valence-corrected chi connectivity index (χ0v) is 16.4. The molecule has 0 aromatic carbocycles. The van der Waals surface area contributed by atoms with Crippen molar-refractivity contribution in [2.24, 2.45) is 0 Å². The number of piperazine rings is 1. The van der Waals surface area contributed by atoms with E-state index in [-0.39, 0.29) is 17.9 Å². The highest BCUT2D eigenvalue weighted by molar-refractivity contribution is 5.97. The van der Waals surface area contributed by atoms with Crippen molar-refractivity contribution < 1.29 is 9.59 Å². The standard InChI is InChI=1S/C20H31N5O2/c1-23-11-13-24(14-12-23)20(27)18-22-17(16-9-5-6-10-25(16)18)19(26)21-15-7-3-2-4-8-15/h15H,2-14H2,1H3,(H,21,26). The Morgan fingerprint density at radius 2 is 1.70 bits per heavy atom. The van der Waals surface area contributed by atoms with Gasteiger partial charge in [-0.25, -0.2) is 4.98 Å². The van der Waals surface area contributed by atoms with E-state index in [1.807, 2.05) is 9.47 Å². The van der Waals surface area contributed by atoms with Crippen LogP contribution in [0, 0.1) is 0 Å². The second-order valence-electron chi connectivity index (χ2n) is 8.24. The number of hydrogen-bond acceptors (Lipinski definition) is 4. The molecular formula is C20H31N5O2. The van der Waals surface area contributed by atoms with Crippen molar-refractivity contribution in [1.29, 1.82) is 0 Å². The van der Waals surface area contributed by atoms with Gasteiger partial charge in [0, 0.05) is 38.8 Å². The molecule has 27 heavy (non-hydrogen) atoms. The van der Waals surface area contributed by atoms with Crippen LogP contribution in [-0.4, -0.2) is 70.4 Å². The molecule has 3 heterocycles. The summed E-state index contributed by atoms with van der Waals surface area (Å²) < 4.78 is 2.01. The summed E-state index contributed by atoms with van der Waals surface area (Å²) in [5.41, 5.74) is 1.43. The van der Waals surface area contributed by atoms with Crippen LogP contribution in [0.4, 0.5) is 0 Å². The number of carbonyl (C=O) groups excluding carboxylic acids is 2. The molecule has 1 saturated carbocycles. The van der Waals surface area contributed by atoms with Gasteiger partial charge in [-0.1, -0.05) is 19.3 Å². The zero-order valence-electron chi connectivity index (χ0n) is 16.4. The Morgan fingerprint density at radius 3 is 2.44 bits per heavy atom. The molecule has 1 aliphatic carbocycles. The van der Waals surface area contributed by atoms with Crippen LogP contribution in [0.15, 0.2) is 0 Å². The molecule has 1 aromatic rings. The van der Waals surface area contributed by atoms with Gasteiger partial charge in [-0.2, -0.15) is 0 Å². The van der Waals surface area contributed by atoms with Gasteiger partial charge in [0.2, 0.25) is 0 Å². The van der Waals surface area contributed by atoms with Crippen LogP contribution in [0.5, 0.6) is 0 Å². The van der Waals surface area contributed by atoms with Crippen LogP contribution in [0.1, 0.15) is 71.7 Å². The fourth-order valence-electron chi connectivity index (χ4n) is 4.54. The average molecular weight is 374 g/mol. The van der Waals surface area contributed by atoms with Crippen LogP contribution in [-0.2, 0) is 13.0 Å². The van der Waals surface area contributed by atoms with Crippen molar-refractivity contribution in [1.82, 2.24) is 24.7 Å². The van der Waals surface area contributed by atoms with Gasteiger partial charge < -0.3 is 19.7 Å². The van der Waals surface area contributed by atoms with Gasteiger partial charge in [-0.05, 0) is 39.2 Å². The predicted octanol–water partition coefficient (Wildman–Crippen LogP) is 1.67. The molecule has 4 rings (SSSR count). The first-order valence-corrected chi connectivity index (χ1v) is 10.5. The first-order chi connectivity index (χ1) is 13.1. The predicted molar refractivity (Wildman–Crippen MR) is 103 cm³/mol. The molecule has 2 amide bonds. The Morgan fingerprint density at radius 1 is 0.963 bits per heavy atom. The van der Waals surface area contributed by atoms with Crippen molar-refractivity contribution in [3.05, 3.63) is 17.2 Å². The minimum atomic E-state index is -0.0926. The van der Waals surface area contributed by atoms with E-state index in [9.17, 15) is 9.59 Å². The van der Waals surface area contributed by atoms with E-state index in [4.69, 9.17) is 0 Å². The van der Waals surface area contributed by atoms with Crippen molar-refractivity contribution in [2.75, 3.05) is 33.2 Å². The van der Waals surface area contributed by atoms with Crippen LogP contribution in [0.25, 0.3) is 0 Å². The van der Waals surface area contributed by atoms with Crippen molar-refractivity contribution in [2.45, 2.75) is 64.0 Å². The molecule has 0 spiro atoms. The minimum absolute atomic E-state index is 0.0250. The number of nitrogens with one attached hydrogen (secondary N) is 1. The highest BCUT2D eigenvalue weighted by Gasteiger charge is 2.31. The summed E-state index contributed by atoms with van der Waals surface area (Å²) in [6.07, 6.45) is 8.64. The lowest BCUT2D eigenvalue weighted by Gasteiger charge is -2.32. The molecule has 1 saturated heterocycles. The number of likely N-dealkylation sites (N-methyl/N-ethyl adjacent to an activating group) is 1. The summed E-state index contributed by atoms with van der Waals surface area (Å²) in [4.78, 5) is 34.7. The quantitative estimate of drug-likeness (QED) is 0.875. The summed E-state index contributed by atoms with van der Waals surface area (Å²) in [5, 5.41) is 3.18. The molecule has 7 heteroatoms. The van der Waals surface area contributed by atoms with E-state index in [1.54, 1.807) is 0 Å². The van der Waals surface area contributed by atoms with Crippen LogP contribution >= 0.6 is 0 Å². The van der Waals surface area contributed by atoms with Gasteiger partial charge in [0.15, 0.2) is 5.82 Å². The number of amides is 2. The molecule has 0 atom stereocenters. The SMILES string of the molecule is CN1CCN(C(=O)c2nc(C(=O)NC3CCCCC3)c3n2CCCC3)CC1. The summed E-state index contributed by atoms with van der Waals surface area (Å²) in [7, 11) is 2.08. The van der Waals surface area contributed by atoms with Crippen LogP contribution in [0.3, 0.4) is 0 Å². The molecule has 148 valence electrons. The van der Waals surface area contributed by atoms with E-state index < -0.39 is 0 Å². The highest BCUT2D eigenvalue weighted by Crippen LogP contribution is 2.24. The Labute approximate surface area is 161 Å². The summed E-state index contributed by atoms with van der Waals surface area (Å²) in [6, 6.07) is 0.254. The largest absolute Gasteiger partial charge is 0.348 e. The van der Waals surface area contributed by atoms with Crippen LogP contribution < -0.4 is 5.32 Å². The third-order valence-corrected chi connectivity index (χ3v) is 6.26.